The van der Waals surface area contributed by atoms with Crippen molar-refractivity contribution >= 4 is 23.1 Å². The first-order chi connectivity index (χ1) is 8.48. The van der Waals surface area contributed by atoms with Gasteiger partial charge in [0.2, 0.25) is 11.1 Å². The van der Waals surface area contributed by atoms with Gasteiger partial charge in [-0.15, -0.1) is 0 Å². The van der Waals surface area contributed by atoms with Crippen molar-refractivity contribution in [2.45, 2.75) is 32.2 Å². The average molecular weight is 275 g/mol. The number of rotatable bonds is 6. The summed E-state index contributed by atoms with van der Waals surface area (Å²) < 4.78 is 0. The number of halogens is 1. The van der Waals surface area contributed by atoms with Gasteiger partial charge in [0, 0.05) is 0 Å². The second-order valence-electron chi connectivity index (χ2n) is 3.90. The first kappa shape index (κ1) is 14.6. The van der Waals surface area contributed by atoms with E-state index in [9.17, 15) is 15.2 Å². The smallest absolute Gasteiger partial charge is 0.329 e. The van der Waals surface area contributed by atoms with Crippen molar-refractivity contribution in [3.8, 4) is 0 Å². The van der Waals surface area contributed by atoms with Crippen molar-refractivity contribution in [1.29, 1.82) is 0 Å². The van der Waals surface area contributed by atoms with Crippen LogP contribution >= 0.6 is 11.6 Å². The molecule has 0 saturated heterocycles. The Bertz CT molecular complexity index is 429. The topological polar surface area (TPSA) is 101 Å². The van der Waals surface area contributed by atoms with E-state index >= 15 is 0 Å². The molecule has 1 aromatic rings. The zero-order valence-electron chi connectivity index (χ0n) is 10.2. The highest BCUT2D eigenvalue weighted by Gasteiger charge is 2.29. The van der Waals surface area contributed by atoms with Crippen molar-refractivity contribution in [2.75, 3.05) is 11.9 Å². The fourth-order valence-electron chi connectivity index (χ4n) is 1.52. The second-order valence-corrected chi connectivity index (χ2v) is 4.24. The molecule has 1 heterocycles. The molecule has 1 aromatic heterocycles. The lowest BCUT2D eigenvalue weighted by Gasteiger charge is -2.30. The number of nitrogens with zero attached hydrogens (tertiary/aromatic N) is 3. The minimum absolute atomic E-state index is 0.0257. The molecule has 0 unspecified atom stereocenters. The molecule has 0 atom stereocenters. The largest absolute Gasteiger partial charge is 0.394 e. The van der Waals surface area contributed by atoms with Crippen molar-refractivity contribution in [3.05, 3.63) is 21.6 Å². The molecule has 0 saturated carbocycles. The molecule has 7 nitrogen and oxygen atoms in total. The molecule has 0 amide bonds. The molecule has 2 N–H and O–H groups in total. The van der Waals surface area contributed by atoms with E-state index < -0.39 is 10.5 Å². The lowest BCUT2D eigenvalue weighted by molar-refractivity contribution is -0.384. The summed E-state index contributed by atoms with van der Waals surface area (Å²) in [7, 11) is 0. The van der Waals surface area contributed by atoms with Gasteiger partial charge in [-0.05, 0) is 24.4 Å². The molecule has 100 valence electrons. The van der Waals surface area contributed by atoms with Gasteiger partial charge in [0.1, 0.15) is 6.20 Å². The summed E-state index contributed by atoms with van der Waals surface area (Å²) in [5, 5.41) is 23.1. The molecule has 0 aliphatic heterocycles. The highest BCUT2D eigenvalue weighted by Crippen LogP contribution is 2.28. The van der Waals surface area contributed by atoms with Gasteiger partial charge in [0.25, 0.3) is 0 Å². The van der Waals surface area contributed by atoms with Crippen molar-refractivity contribution < 1.29 is 10.0 Å². The highest BCUT2D eigenvalue weighted by molar-refractivity contribution is 6.28. The Kier molecular flexibility index (Phi) is 4.80. The number of nitro groups is 1. The van der Waals surface area contributed by atoms with Gasteiger partial charge in [0.05, 0.1) is 17.1 Å². The predicted octanol–water partition coefficient (Wildman–Crippen LogP) is 2.00. The summed E-state index contributed by atoms with van der Waals surface area (Å²) in [5.41, 5.74) is -0.915. The van der Waals surface area contributed by atoms with E-state index in [0.29, 0.717) is 12.8 Å². The molecule has 0 spiro atoms. The summed E-state index contributed by atoms with van der Waals surface area (Å²) in [5.74, 6) is 0.0257. The maximum absolute atomic E-state index is 10.9. The molecule has 0 aliphatic rings. The van der Waals surface area contributed by atoms with Crippen LogP contribution in [0.4, 0.5) is 11.5 Å². The molecule has 0 bridgehead atoms. The van der Waals surface area contributed by atoms with Crippen LogP contribution in [-0.2, 0) is 0 Å². The maximum atomic E-state index is 10.9. The third-order valence-corrected chi connectivity index (χ3v) is 3.16. The van der Waals surface area contributed by atoms with Gasteiger partial charge in [-0.2, -0.15) is 4.98 Å². The van der Waals surface area contributed by atoms with Crippen LogP contribution in [0.15, 0.2) is 6.20 Å². The zero-order valence-corrected chi connectivity index (χ0v) is 10.9. The van der Waals surface area contributed by atoms with Gasteiger partial charge in [-0.25, -0.2) is 4.98 Å². The summed E-state index contributed by atoms with van der Waals surface area (Å²) in [6.07, 6.45) is 2.24. The fraction of sp³-hybridized carbons (Fsp3) is 0.600. The summed E-state index contributed by atoms with van der Waals surface area (Å²) in [6.45, 7) is 3.60. The monoisotopic (exact) mass is 274 g/mol. The Morgan fingerprint density at radius 3 is 2.61 bits per heavy atom. The predicted molar refractivity (Wildman–Crippen MR) is 67.7 cm³/mol. The normalized spacial score (nSPS) is 11.3. The van der Waals surface area contributed by atoms with Gasteiger partial charge >= 0.3 is 5.69 Å². The third-order valence-electron chi connectivity index (χ3n) is 2.98. The summed E-state index contributed by atoms with van der Waals surface area (Å²) in [6, 6.07) is 0. The quantitative estimate of drug-likeness (QED) is 0.467. The van der Waals surface area contributed by atoms with Gasteiger partial charge < -0.3 is 10.4 Å². The lowest BCUT2D eigenvalue weighted by Crippen LogP contribution is -2.41. The molecule has 8 heteroatoms. The number of anilines is 1. The number of aromatic nitrogens is 2. The number of aliphatic hydroxyl groups excluding tert-OH is 1. The van der Waals surface area contributed by atoms with Crippen LogP contribution in [0.2, 0.25) is 5.28 Å². The van der Waals surface area contributed by atoms with Crippen LogP contribution in [0.5, 0.6) is 0 Å². The van der Waals surface area contributed by atoms with Crippen molar-refractivity contribution in [3.63, 3.8) is 0 Å². The van der Waals surface area contributed by atoms with Crippen LogP contribution in [0.25, 0.3) is 0 Å². The highest BCUT2D eigenvalue weighted by atomic mass is 35.5. The van der Waals surface area contributed by atoms with Crippen LogP contribution in [0.1, 0.15) is 26.7 Å². The minimum Gasteiger partial charge on any atom is -0.394 e. The standard InChI is InChI=1S/C10H15ClN4O3/c1-3-10(4-2,6-16)14-8-7(15(17)18)5-12-9(11)13-8/h5,16H,3-4,6H2,1-2H3,(H,12,13,14). The van der Waals surface area contributed by atoms with Crippen LogP contribution in [-0.4, -0.2) is 32.1 Å². The number of hydrogen-bond donors (Lipinski definition) is 2. The second kappa shape index (κ2) is 5.92. The zero-order chi connectivity index (χ0) is 13.8. The van der Waals surface area contributed by atoms with Crippen molar-refractivity contribution in [2.24, 2.45) is 0 Å². The van der Waals surface area contributed by atoms with Crippen LogP contribution < -0.4 is 5.32 Å². The van der Waals surface area contributed by atoms with E-state index in [1.165, 1.54) is 0 Å². The summed E-state index contributed by atoms with van der Waals surface area (Å²) in [4.78, 5) is 17.7. The van der Waals surface area contributed by atoms with Gasteiger partial charge in [0.15, 0.2) is 0 Å². The van der Waals surface area contributed by atoms with E-state index in [4.69, 9.17) is 11.6 Å². The molecule has 1 rings (SSSR count). The molecule has 18 heavy (non-hydrogen) atoms. The molecule has 0 fully saturated rings. The Labute approximate surface area is 109 Å². The molecule has 0 aromatic carbocycles. The maximum Gasteiger partial charge on any atom is 0.329 e. The van der Waals surface area contributed by atoms with E-state index in [-0.39, 0.29) is 23.4 Å². The Morgan fingerprint density at radius 1 is 1.56 bits per heavy atom. The number of aliphatic hydroxyl groups is 1. The Hall–Kier alpha value is -1.47. The number of nitrogens with one attached hydrogen (secondary N) is 1. The third kappa shape index (κ3) is 3.05. The molecular formula is C10H15ClN4O3. The number of hydrogen-bond acceptors (Lipinski definition) is 6. The fourth-order valence-corrected chi connectivity index (χ4v) is 1.65. The lowest BCUT2D eigenvalue weighted by atomic mass is 9.94. The van der Waals surface area contributed by atoms with Gasteiger partial charge in [-0.3, -0.25) is 10.1 Å². The molecule has 0 aliphatic carbocycles. The van der Waals surface area contributed by atoms with E-state index in [0.717, 1.165) is 6.20 Å². The van der Waals surface area contributed by atoms with Crippen LogP contribution in [0, 0.1) is 10.1 Å². The average Bonchev–Trinajstić information content (AvgIpc) is 2.36. The van der Waals surface area contributed by atoms with E-state index in [1.807, 2.05) is 13.8 Å². The summed E-state index contributed by atoms with van der Waals surface area (Å²) >= 11 is 5.63. The van der Waals surface area contributed by atoms with E-state index in [2.05, 4.69) is 15.3 Å². The Morgan fingerprint density at radius 2 is 2.17 bits per heavy atom. The van der Waals surface area contributed by atoms with Crippen LogP contribution in [0.3, 0.4) is 0 Å². The molecular weight excluding hydrogens is 260 g/mol. The first-order valence-corrected chi connectivity index (χ1v) is 5.91. The minimum atomic E-state index is -0.650. The Balaban J connectivity index is 3.16. The van der Waals surface area contributed by atoms with Crippen molar-refractivity contribution in [1.82, 2.24) is 9.97 Å². The first-order valence-electron chi connectivity index (χ1n) is 5.54. The van der Waals surface area contributed by atoms with E-state index in [1.54, 1.807) is 0 Å². The SMILES string of the molecule is CCC(CC)(CO)Nc1nc(Cl)ncc1[N+](=O)[O-]. The molecule has 0 radical (unpaired) electrons. The van der Waals surface area contributed by atoms with Gasteiger partial charge in [-0.1, -0.05) is 13.8 Å².